The van der Waals surface area contributed by atoms with E-state index in [9.17, 15) is 9.90 Å². The van der Waals surface area contributed by atoms with E-state index in [1.165, 1.54) is 0 Å². The summed E-state index contributed by atoms with van der Waals surface area (Å²) >= 11 is 0. The lowest BCUT2D eigenvalue weighted by atomic mass is 9.86. The van der Waals surface area contributed by atoms with Crippen LogP contribution in [0.3, 0.4) is 0 Å². The zero-order valence-electron chi connectivity index (χ0n) is 12.4. The summed E-state index contributed by atoms with van der Waals surface area (Å²) in [5, 5.41) is 12.8. The highest BCUT2D eigenvalue weighted by atomic mass is 79.9. The average Bonchev–Trinajstić information content (AvgIpc) is 2.53. The molecule has 0 amide bonds. The van der Waals surface area contributed by atoms with Crippen molar-refractivity contribution in [2.45, 2.75) is 5.60 Å². The summed E-state index contributed by atoms with van der Waals surface area (Å²) in [7, 11) is 1.80. The minimum Gasteiger partial charge on any atom is -0.479 e. The van der Waals surface area contributed by atoms with Crippen LogP contribution >= 0.6 is 17.0 Å². The van der Waals surface area contributed by atoms with Gasteiger partial charge in [-0.05, 0) is 18.2 Å². The first kappa shape index (κ1) is 18.4. The molecule has 2 aromatic carbocycles. The SMILES string of the molecule is Br.CNCCOC(C(=O)O)(c1ccccc1)c1ccccc1. The number of likely N-dealkylation sites (N-methyl/N-ethyl adjacent to an activating group) is 1. The van der Waals surface area contributed by atoms with Gasteiger partial charge in [-0.15, -0.1) is 17.0 Å². The molecule has 0 aliphatic carbocycles. The number of aliphatic carboxylic acids is 1. The maximum atomic E-state index is 12.1. The molecule has 2 rings (SSSR count). The minimum absolute atomic E-state index is 0. The zero-order chi connectivity index (χ0) is 15.1. The third kappa shape index (κ3) is 3.74. The van der Waals surface area contributed by atoms with Crippen LogP contribution in [0, 0.1) is 0 Å². The first-order valence-electron chi connectivity index (χ1n) is 6.85. The van der Waals surface area contributed by atoms with E-state index >= 15 is 0 Å². The Morgan fingerprint density at radius 2 is 1.50 bits per heavy atom. The molecule has 5 heteroatoms. The predicted molar refractivity (Wildman–Crippen MR) is 91.5 cm³/mol. The number of halogens is 1. The van der Waals surface area contributed by atoms with Crippen molar-refractivity contribution in [1.29, 1.82) is 0 Å². The second-order valence-corrected chi connectivity index (χ2v) is 4.67. The van der Waals surface area contributed by atoms with Crippen LogP contribution in [0.5, 0.6) is 0 Å². The van der Waals surface area contributed by atoms with Crippen LogP contribution in [0.1, 0.15) is 11.1 Å². The van der Waals surface area contributed by atoms with Crippen LogP contribution in [0.4, 0.5) is 0 Å². The average molecular weight is 366 g/mol. The molecule has 118 valence electrons. The molecule has 4 nitrogen and oxygen atoms in total. The van der Waals surface area contributed by atoms with Gasteiger partial charge in [-0.1, -0.05) is 60.7 Å². The fourth-order valence-corrected chi connectivity index (χ4v) is 2.29. The molecule has 0 unspecified atom stereocenters. The number of hydrogen-bond donors (Lipinski definition) is 2. The molecule has 2 aromatic rings. The van der Waals surface area contributed by atoms with E-state index < -0.39 is 11.6 Å². The van der Waals surface area contributed by atoms with Gasteiger partial charge in [0.2, 0.25) is 5.60 Å². The quantitative estimate of drug-likeness (QED) is 0.740. The van der Waals surface area contributed by atoms with Gasteiger partial charge in [0.15, 0.2) is 0 Å². The Morgan fingerprint density at radius 1 is 1.05 bits per heavy atom. The molecule has 0 radical (unpaired) electrons. The van der Waals surface area contributed by atoms with Gasteiger partial charge in [-0.2, -0.15) is 0 Å². The Labute approximate surface area is 140 Å². The van der Waals surface area contributed by atoms with Gasteiger partial charge in [0.25, 0.3) is 0 Å². The summed E-state index contributed by atoms with van der Waals surface area (Å²) in [5.41, 5.74) is -0.265. The van der Waals surface area contributed by atoms with E-state index in [1.54, 1.807) is 31.3 Å². The van der Waals surface area contributed by atoms with Crippen molar-refractivity contribution in [3.8, 4) is 0 Å². The number of carbonyl (C=O) groups is 1. The molecule has 2 N–H and O–H groups in total. The highest BCUT2D eigenvalue weighted by Gasteiger charge is 2.43. The second-order valence-electron chi connectivity index (χ2n) is 4.67. The second kappa shape index (κ2) is 8.68. The van der Waals surface area contributed by atoms with Crippen molar-refractivity contribution in [3.05, 3.63) is 71.8 Å². The van der Waals surface area contributed by atoms with Crippen molar-refractivity contribution < 1.29 is 14.6 Å². The maximum Gasteiger partial charge on any atom is 0.345 e. The van der Waals surface area contributed by atoms with Gasteiger partial charge in [-0.25, -0.2) is 4.79 Å². The first-order valence-corrected chi connectivity index (χ1v) is 6.85. The molecule has 0 fully saturated rings. The molecule has 0 aliphatic rings. The Morgan fingerprint density at radius 3 is 1.86 bits per heavy atom. The Kier molecular flexibility index (Phi) is 7.24. The number of nitrogens with one attached hydrogen (secondary N) is 1. The lowest BCUT2D eigenvalue weighted by Crippen LogP contribution is -2.41. The van der Waals surface area contributed by atoms with Crippen LogP contribution in [0.25, 0.3) is 0 Å². The predicted octanol–water partition coefficient (Wildman–Crippen LogP) is 2.83. The van der Waals surface area contributed by atoms with Crippen molar-refractivity contribution in [2.75, 3.05) is 20.2 Å². The number of carboxylic acid groups (broad SMARTS) is 1. The molecule has 0 heterocycles. The van der Waals surface area contributed by atoms with Gasteiger partial charge < -0.3 is 15.2 Å². The molecule has 0 aromatic heterocycles. The summed E-state index contributed by atoms with van der Waals surface area (Å²) in [6, 6.07) is 18.1. The molecule has 0 bridgehead atoms. The van der Waals surface area contributed by atoms with E-state index in [0.717, 1.165) is 0 Å². The number of hydrogen-bond acceptors (Lipinski definition) is 3. The van der Waals surface area contributed by atoms with E-state index in [2.05, 4.69) is 5.32 Å². The van der Waals surface area contributed by atoms with Crippen LogP contribution in [-0.4, -0.2) is 31.3 Å². The van der Waals surface area contributed by atoms with Crippen molar-refractivity contribution in [2.24, 2.45) is 0 Å². The van der Waals surface area contributed by atoms with Crippen LogP contribution in [0.2, 0.25) is 0 Å². The lowest BCUT2D eigenvalue weighted by molar-refractivity contribution is -0.161. The fraction of sp³-hybridized carbons (Fsp3) is 0.235. The molecular weight excluding hydrogens is 346 g/mol. The summed E-state index contributed by atoms with van der Waals surface area (Å²) in [4.78, 5) is 12.1. The number of ether oxygens (including phenoxy) is 1. The van der Waals surface area contributed by atoms with E-state index in [1.807, 2.05) is 36.4 Å². The number of rotatable bonds is 7. The van der Waals surface area contributed by atoms with Crippen LogP contribution in [0.15, 0.2) is 60.7 Å². The monoisotopic (exact) mass is 365 g/mol. The third-order valence-electron chi connectivity index (χ3n) is 3.33. The van der Waals surface area contributed by atoms with E-state index in [0.29, 0.717) is 24.3 Å². The summed E-state index contributed by atoms with van der Waals surface area (Å²) in [6.07, 6.45) is 0. The zero-order valence-corrected chi connectivity index (χ0v) is 14.1. The molecular formula is C17H20BrNO3. The molecule has 0 saturated heterocycles. The highest BCUT2D eigenvalue weighted by molar-refractivity contribution is 8.93. The summed E-state index contributed by atoms with van der Waals surface area (Å²) < 4.78 is 5.84. The van der Waals surface area contributed by atoms with Crippen molar-refractivity contribution in [3.63, 3.8) is 0 Å². The summed E-state index contributed by atoms with van der Waals surface area (Å²) in [6.45, 7) is 0.876. The topological polar surface area (TPSA) is 58.6 Å². The maximum absolute atomic E-state index is 12.1. The van der Waals surface area contributed by atoms with Crippen molar-refractivity contribution >= 4 is 23.0 Å². The number of benzene rings is 2. The third-order valence-corrected chi connectivity index (χ3v) is 3.33. The standard InChI is InChI=1S/C17H19NO3.BrH/c1-18-12-13-21-17(16(19)20,14-8-4-2-5-9-14)15-10-6-3-7-11-15;/h2-11,18H,12-13H2,1H3,(H,19,20);1H. The largest absolute Gasteiger partial charge is 0.479 e. The van der Waals surface area contributed by atoms with Gasteiger partial charge in [-0.3, -0.25) is 0 Å². The normalized spacial score (nSPS) is 10.8. The van der Waals surface area contributed by atoms with E-state index in [4.69, 9.17) is 4.74 Å². The van der Waals surface area contributed by atoms with Gasteiger partial charge >= 0.3 is 5.97 Å². The Bertz CT molecular complexity index is 535. The van der Waals surface area contributed by atoms with Crippen LogP contribution < -0.4 is 5.32 Å². The van der Waals surface area contributed by atoms with Gasteiger partial charge in [0, 0.05) is 6.54 Å². The molecule has 0 atom stereocenters. The smallest absolute Gasteiger partial charge is 0.345 e. The van der Waals surface area contributed by atoms with Crippen LogP contribution in [-0.2, 0) is 15.1 Å². The summed E-state index contributed by atoms with van der Waals surface area (Å²) in [5.74, 6) is -1.02. The molecule has 0 spiro atoms. The fourth-order valence-electron chi connectivity index (χ4n) is 2.29. The van der Waals surface area contributed by atoms with Crippen molar-refractivity contribution in [1.82, 2.24) is 5.32 Å². The number of carboxylic acids is 1. The molecule has 0 saturated carbocycles. The Hall–Kier alpha value is -1.69. The Balaban J connectivity index is 0.00000242. The lowest BCUT2D eigenvalue weighted by Gasteiger charge is -2.30. The molecule has 22 heavy (non-hydrogen) atoms. The minimum atomic E-state index is -1.49. The van der Waals surface area contributed by atoms with E-state index in [-0.39, 0.29) is 17.0 Å². The first-order chi connectivity index (χ1) is 10.2. The molecule has 0 aliphatic heterocycles. The van der Waals surface area contributed by atoms with Gasteiger partial charge in [0.05, 0.1) is 6.61 Å². The van der Waals surface area contributed by atoms with Gasteiger partial charge in [0.1, 0.15) is 0 Å². The highest BCUT2D eigenvalue weighted by Crippen LogP contribution is 2.34.